The molecule has 2 heterocycles. The molecule has 10 N–H and O–H groups in total. The summed E-state index contributed by atoms with van der Waals surface area (Å²) >= 11 is 0. The van der Waals surface area contributed by atoms with Crippen molar-refractivity contribution >= 4 is 55.1 Å². The van der Waals surface area contributed by atoms with Gasteiger partial charge in [-0.2, -0.15) is 16.8 Å². The predicted octanol–water partition coefficient (Wildman–Crippen LogP) is 1.03. The third-order valence-corrected chi connectivity index (χ3v) is 9.45. The van der Waals surface area contributed by atoms with Gasteiger partial charge in [0.1, 0.15) is 9.79 Å². The molecule has 22 heteroatoms. The van der Waals surface area contributed by atoms with Crippen LogP contribution in [0.2, 0.25) is 0 Å². The molecule has 0 radical (unpaired) electrons. The van der Waals surface area contributed by atoms with Gasteiger partial charge < -0.3 is 10.2 Å². The van der Waals surface area contributed by atoms with Crippen molar-refractivity contribution in [3.63, 3.8) is 0 Å². The SMILES string of the molecule is O=S(=O)(O)c1cc(N=c2[nH]c(=NCCO)[nH]c(=Nc3ccccc3)[nH]2)ccc1/C=C/c1ccc(N=c2[nH]c(=NCCO)[nH]c(=Nc3ccccc3)[nH]2)cc1S(=O)(=O)O. The van der Waals surface area contributed by atoms with Gasteiger partial charge in [-0.1, -0.05) is 60.7 Å². The third-order valence-electron chi connectivity index (χ3n) is 7.63. The van der Waals surface area contributed by atoms with E-state index in [4.69, 9.17) is 0 Å². The Labute approximate surface area is 328 Å². The van der Waals surface area contributed by atoms with E-state index in [1.807, 2.05) is 12.1 Å². The Kier molecular flexibility index (Phi) is 13.0. The van der Waals surface area contributed by atoms with Gasteiger partial charge in [0, 0.05) is 0 Å². The van der Waals surface area contributed by atoms with Gasteiger partial charge in [-0.05, 0) is 59.7 Å². The van der Waals surface area contributed by atoms with E-state index in [1.165, 1.54) is 36.4 Å². The molecule has 2 aromatic heterocycles. The maximum atomic E-state index is 12.6. The van der Waals surface area contributed by atoms with Gasteiger partial charge in [0.05, 0.1) is 49.1 Å². The third kappa shape index (κ3) is 11.4. The highest BCUT2D eigenvalue weighted by molar-refractivity contribution is 7.86. The minimum absolute atomic E-state index is 0.0390. The van der Waals surface area contributed by atoms with Gasteiger partial charge in [-0.3, -0.25) is 49.0 Å². The van der Waals surface area contributed by atoms with E-state index in [1.54, 1.807) is 48.5 Å². The lowest BCUT2D eigenvalue weighted by molar-refractivity contribution is 0.305. The highest BCUT2D eigenvalue weighted by atomic mass is 32.2. The van der Waals surface area contributed by atoms with Crippen LogP contribution in [-0.4, -0.2) is 92.4 Å². The second-order valence-corrected chi connectivity index (χ2v) is 14.7. The zero-order chi connectivity index (χ0) is 41.1. The Balaban J connectivity index is 1.39. The van der Waals surface area contributed by atoms with Crippen LogP contribution in [0.3, 0.4) is 0 Å². The zero-order valence-electron chi connectivity index (χ0n) is 30.1. The summed E-state index contributed by atoms with van der Waals surface area (Å²) in [5, 5.41) is 18.5. The number of aromatic nitrogens is 6. The lowest BCUT2D eigenvalue weighted by Crippen LogP contribution is -2.37. The van der Waals surface area contributed by atoms with Crippen LogP contribution >= 0.6 is 0 Å². The average molecular weight is 829 g/mol. The van der Waals surface area contributed by atoms with E-state index in [9.17, 15) is 36.2 Å². The molecule has 0 fully saturated rings. The first-order valence-corrected chi connectivity index (χ1v) is 20.0. The van der Waals surface area contributed by atoms with E-state index in [-0.39, 0.29) is 82.5 Å². The molecule has 300 valence electrons. The Morgan fingerprint density at radius 3 is 1.10 bits per heavy atom. The highest BCUT2D eigenvalue weighted by Gasteiger charge is 2.17. The van der Waals surface area contributed by atoms with Crippen LogP contribution in [0.25, 0.3) is 12.2 Å². The highest BCUT2D eigenvalue weighted by Crippen LogP contribution is 2.27. The first kappa shape index (κ1) is 40.8. The van der Waals surface area contributed by atoms with Crippen LogP contribution < -0.4 is 33.7 Å². The molecule has 0 bridgehead atoms. The number of nitrogens with zero attached hydrogens (tertiary/aromatic N) is 6. The fourth-order valence-corrected chi connectivity index (χ4v) is 6.58. The molecule has 0 spiro atoms. The summed E-state index contributed by atoms with van der Waals surface area (Å²) in [5.74, 6) is 0. The van der Waals surface area contributed by atoms with Crippen molar-refractivity contribution in [2.45, 2.75) is 9.79 Å². The van der Waals surface area contributed by atoms with Crippen LogP contribution in [0.5, 0.6) is 0 Å². The van der Waals surface area contributed by atoms with E-state index in [2.05, 4.69) is 59.9 Å². The number of hydrogen-bond donors (Lipinski definition) is 10. The molecular formula is C36H36N12O8S2. The lowest BCUT2D eigenvalue weighted by Gasteiger charge is -2.07. The van der Waals surface area contributed by atoms with E-state index < -0.39 is 30.0 Å². The number of aromatic amines is 6. The molecule has 58 heavy (non-hydrogen) atoms. The summed E-state index contributed by atoms with van der Waals surface area (Å²) in [6.45, 7) is -0.328. The molecular weight excluding hydrogens is 793 g/mol. The van der Waals surface area contributed by atoms with Gasteiger partial charge in [-0.25, -0.2) is 20.0 Å². The number of rotatable bonds is 12. The van der Waals surface area contributed by atoms with Crippen molar-refractivity contribution in [3.05, 3.63) is 142 Å². The summed E-state index contributed by atoms with van der Waals surface area (Å²) < 4.78 is 70.7. The van der Waals surface area contributed by atoms with E-state index in [0.717, 1.165) is 12.1 Å². The molecule has 0 amide bonds. The number of aliphatic hydroxyl groups is 2. The molecule has 6 rings (SSSR count). The standard InChI is InChI=1S/C36H36N12O8S2/c49-19-17-37-31-43-33(39-25-7-3-1-4-8-25)47-35(45-31)41-27-15-13-23(29(21-27)57(51,52)53)11-12-24-14-16-28(22-30(24)58(54,55)56)42-36-46-32(38-18-20-50)44-34(48-36)40-26-9-5-2-6-10-26/h1-16,21-22,49-50H,17-20H2,(H,51,52,53)(H,54,55,56)(H3,37,39,41,43,45,47)(H3,38,40,42,44,46,48)/b12-11+. The summed E-state index contributed by atoms with van der Waals surface area (Å²) in [5.41, 5.74) is 2.29. The van der Waals surface area contributed by atoms with Crippen molar-refractivity contribution in [2.24, 2.45) is 30.0 Å². The fourth-order valence-electron chi connectivity index (χ4n) is 5.17. The lowest BCUT2D eigenvalue weighted by atomic mass is 10.1. The number of aliphatic hydroxyl groups excluding tert-OH is 2. The van der Waals surface area contributed by atoms with Gasteiger partial charge in [0.15, 0.2) is 0 Å². The fraction of sp³-hybridized carbons (Fsp3) is 0.111. The molecule has 0 atom stereocenters. The van der Waals surface area contributed by atoms with Gasteiger partial charge in [-0.15, -0.1) is 0 Å². The normalized spacial score (nSPS) is 14.3. The second kappa shape index (κ2) is 18.4. The maximum absolute atomic E-state index is 12.6. The average Bonchev–Trinajstić information content (AvgIpc) is 3.19. The summed E-state index contributed by atoms with van der Waals surface area (Å²) in [7, 11) is -9.72. The number of nitrogens with one attached hydrogen (secondary N) is 6. The van der Waals surface area contributed by atoms with Crippen molar-refractivity contribution in [1.29, 1.82) is 0 Å². The number of para-hydroxylation sites is 2. The second-order valence-electron chi connectivity index (χ2n) is 11.9. The molecule has 0 unspecified atom stereocenters. The number of hydrogen-bond acceptors (Lipinski definition) is 12. The molecule has 4 aromatic carbocycles. The monoisotopic (exact) mass is 828 g/mol. The van der Waals surface area contributed by atoms with Crippen LogP contribution in [0, 0.1) is 0 Å². The molecule has 20 nitrogen and oxygen atoms in total. The first-order chi connectivity index (χ1) is 27.9. The van der Waals surface area contributed by atoms with Crippen molar-refractivity contribution in [3.8, 4) is 0 Å². The van der Waals surface area contributed by atoms with E-state index >= 15 is 0 Å². The molecule has 0 aliphatic heterocycles. The smallest absolute Gasteiger partial charge is 0.295 e. The van der Waals surface area contributed by atoms with Crippen LogP contribution in [0.15, 0.2) is 137 Å². The largest absolute Gasteiger partial charge is 0.394 e. The van der Waals surface area contributed by atoms with Crippen molar-refractivity contribution in [1.82, 2.24) is 29.9 Å². The molecule has 0 aliphatic carbocycles. The summed E-state index contributed by atoms with van der Waals surface area (Å²) in [6, 6.07) is 25.7. The number of benzene rings is 4. The first-order valence-electron chi connectivity index (χ1n) is 17.1. The van der Waals surface area contributed by atoms with Crippen LogP contribution in [0.4, 0.5) is 22.7 Å². The molecule has 6 aromatic rings. The Morgan fingerprint density at radius 1 is 0.448 bits per heavy atom. The topological polar surface area (TPSA) is 318 Å². The molecule has 0 saturated heterocycles. The Morgan fingerprint density at radius 2 is 0.776 bits per heavy atom. The van der Waals surface area contributed by atoms with Gasteiger partial charge in [0.2, 0.25) is 33.7 Å². The molecule has 0 saturated carbocycles. The Bertz CT molecular complexity index is 2900. The summed E-state index contributed by atoms with van der Waals surface area (Å²) in [4.78, 5) is 42.6. The van der Waals surface area contributed by atoms with E-state index in [0.29, 0.717) is 11.4 Å². The zero-order valence-corrected chi connectivity index (χ0v) is 31.8. The quantitative estimate of drug-likeness (QED) is 0.0626. The Hall–Kier alpha value is -6.82. The van der Waals surface area contributed by atoms with Gasteiger partial charge >= 0.3 is 0 Å². The van der Waals surface area contributed by atoms with Crippen LogP contribution in [-0.2, 0) is 20.2 Å². The van der Waals surface area contributed by atoms with Crippen molar-refractivity contribution in [2.75, 3.05) is 26.3 Å². The predicted molar refractivity (Wildman–Crippen MR) is 209 cm³/mol. The minimum Gasteiger partial charge on any atom is -0.394 e. The van der Waals surface area contributed by atoms with Gasteiger partial charge in [0.25, 0.3) is 20.2 Å². The van der Waals surface area contributed by atoms with Crippen LogP contribution in [0.1, 0.15) is 11.1 Å². The van der Waals surface area contributed by atoms with Crippen molar-refractivity contribution < 1.29 is 36.2 Å². The minimum atomic E-state index is -4.86. The molecule has 0 aliphatic rings. The number of H-pyrrole nitrogens is 6. The maximum Gasteiger partial charge on any atom is 0.295 e. The summed E-state index contributed by atoms with van der Waals surface area (Å²) in [6.07, 6.45) is 2.49.